The Hall–Kier alpha value is -3.85. The minimum Gasteiger partial charge on any atom is -0.487 e. The van der Waals surface area contributed by atoms with E-state index in [4.69, 9.17) is 16.3 Å². The molecule has 2 amide bonds. The van der Waals surface area contributed by atoms with Gasteiger partial charge in [-0.2, -0.15) is 5.10 Å². The summed E-state index contributed by atoms with van der Waals surface area (Å²) in [5, 5.41) is 15.1. The molecule has 1 fully saturated rings. The molecular weight excluding hydrogens is 556 g/mol. The van der Waals surface area contributed by atoms with E-state index in [0.29, 0.717) is 48.7 Å². The topological polar surface area (TPSA) is 105 Å². The Morgan fingerprint density at radius 3 is 2.62 bits per heavy atom. The summed E-state index contributed by atoms with van der Waals surface area (Å²) in [5.41, 5.74) is 4.06. The fourth-order valence-electron chi connectivity index (χ4n) is 6.77. The molecule has 3 atom stereocenters. The van der Waals surface area contributed by atoms with E-state index < -0.39 is 23.8 Å². The van der Waals surface area contributed by atoms with Crippen LogP contribution < -0.4 is 4.74 Å². The molecule has 10 heteroatoms. The summed E-state index contributed by atoms with van der Waals surface area (Å²) in [6.07, 6.45) is 5.06. The molecule has 6 rings (SSSR count). The zero-order chi connectivity index (χ0) is 29.4. The van der Waals surface area contributed by atoms with Gasteiger partial charge in [-0.15, -0.1) is 0 Å². The van der Waals surface area contributed by atoms with E-state index in [1.165, 1.54) is 0 Å². The van der Waals surface area contributed by atoms with Gasteiger partial charge in [-0.1, -0.05) is 42.6 Å². The standard InChI is InChI=1S/C32H35ClN4O5/c1-2-36-15-13-21(34-36)19-42-28-12-11-26(33)25-14-16-37(31(39)23-9-5-6-10-24(23)32(40)41)27(29(25)28)18-35-17-20-7-3-4-8-22(20)30(35)38/h3-4,7-8,11-13,15,23-24,27H,2,5-6,9-10,14,16-19H2,1H3,(H,40,41)/t23-,24+,27-/m1/s1. The van der Waals surface area contributed by atoms with Crippen LogP contribution in [0.1, 0.15) is 71.4 Å². The number of hydrogen-bond donors (Lipinski definition) is 1. The lowest BCUT2D eigenvalue weighted by Gasteiger charge is -2.43. The fourth-order valence-corrected chi connectivity index (χ4v) is 7.03. The zero-order valence-corrected chi connectivity index (χ0v) is 24.4. The third kappa shape index (κ3) is 5.26. The van der Waals surface area contributed by atoms with Crippen molar-refractivity contribution in [1.82, 2.24) is 19.6 Å². The average Bonchev–Trinajstić information content (AvgIpc) is 3.60. The highest BCUT2D eigenvalue weighted by molar-refractivity contribution is 6.31. The van der Waals surface area contributed by atoms with Crippen molar-refractivity contribution in [3.63, 3.8) is 0 Å². The molecule has 0 unspecified atom stereocenters. The third-order valence-corrected chi connectivity index (χ3v) is 9.29. The van der Waals surface area contributed by atoms with Gasteiger partial charge in [0.1, 0.15) is 12.4 Å². The zero-order valence-electron chi connectivity index (χ0n) is 23.7. The number of aromatic nitrogens is 2. The highest BCUT2D eigenvalue weighted by Crippen LogP contribution is 2.43. The second kappa shape index (κ2) is 11.8. The van der Waals surface area contributed by atoms with Crippen LogP contribution in [0.5, 0.6) is 5.75 Å². The Labute approximate surface area is 250 Å². The first kappa shape index (κ1) is 28.3. The molecule has 3 aliphatic rings. The van der Waals surface area contributed by atoms with Crippen molar-refractivity contribution in [2.24, 2.45) is 11.8 Å². The lowest BCUT2D eigenvalue weighted by molar-refractivity contribution is -0.153. The first-order valence-corrected chi connectivity index (χ1v) is 15.1. The van der Waals surface area contributed by atoms with Crippen molar-refractivity contribution in [2.75, 3.05) is 13.1 Å². The van der Waals surface area contributed by atoms with E-state index in [9.17, 15) is 19.5 Å². The molecule has 1 saturated carbocycles. The predicted molar refractivity (Wildman–Crippen MR) is 156 cm³/mol. The number of aliphatic carboxylic acids is 1. The normalized spacial score (nSPS) is 21.7. The Bertz CT molecular complexity index is 1520. The van der Waals surface area contributed by atoms with Crippen LogP contribution in [-0.2, 0) is 35.7 Å². The lowest BCUT2D eigenvalue weighted by atomic mass is 9.77. The molecule has 9 nitrogen and oxygen atoms in total. The molecule has 2 aliphatic heterocycles. The van der Waals surface area contributed by atoms with Crippen LogP contribution in [0.4, 0.5) is 0 Å². The summed E-state index contributed by atoms with van der Waals surface area (Å²) in [6, 6.07) is 12.6. The Balaban J connectivity index is 1.37. The number of benzene rings is 2. The van der Waals surface area contributed by atoms with Crippen molar-refractivity contribution < 1.29 is 24.2 Å². The number of hydrogen-bond acceptors (Lipinski definition) is 5. The minimum atomic E-state index is -0.925. The SMILES string of the molecule is CCn1ccc(COc2ccc(Cl)c3c2[C@@H](CN2Cc4ccccc4C2=O)N(C(=O)[C@@H]2CCCC[C@@H]2C(=O)O)CC3)n1. The van der Waals surface area contributed by atoms with Gasteiger partial charge in [0.25, 0.3) is 5.91 Å². The van der Waals surface area contributed by atoms with Crippen LogP contribution in [0.3, 0.4) is 0 Å². The first-order valence-electron chi connectivity index (χ1n) is 14.7. The Morgan fingerprint density at radius 1 is 1.10 bits per heavy atom. The number of fused-ring (bicyclic) bond motifs is 2. The van der Waals surface area contributed by atoms with E-state index in [2.05, 4.69) is 5.10 Å². The van der Waals surface area contributed by atoms with E-state index in [1.54, 1.807) is 9.80 Å². The third-order valence-electron chi connectivity index (χ3n) is 8.94. The van der Waals surface area contributed by atoms with Gasteiger partial charge in [0, 0.05) is 48.5 Å². The van der Waals surface area contributed by atoms with Crippen molar-refractivity contribution in [2.45, 2.75) is 64.8 Å². The van der Waals surface area contributed by atoms with Crippen LogP contribution in [-0.4, -0.2) is 55.6 Å². The van der Waals surface area contributed by atoms with Gasteiger partial charge in [-0.25, -0.2) is 0 Å². The second-order valence-corrected chi connectivity index (χ2v) is 11.8. The van der Waals surface area contributed by atoms with Gasteiger partial charge in [-0.3, -0.25) is 19.1 Å². The average molecular weight is 591 g/mol. The van der Waals surface area contributed by atoms with Crippen LogP contribution >= 0.6 is 11.6 Å². The summed E-state index contributed by atoms with van der Waals surface area (Å²) in [5.74, 6) is -1.91. The molecule has 3 aromatic rings. The number of amides is 2. The van der Waals surface area contributed by atoms with E-state index >= 15 is 0 Å². The van der Waals surface area contributed by atoms with Gasteiger partial charge >= 0.3 is 5.97 Å². The van der Waals surface area contributed by atoms with Gasteiger partial charge in [0.15, 0.2) is 0 Å². The monoisotopic (exact) mass is 590 g/mol. The van der Waals surface area contributed by atoms with E-state index in [1.807, 2.05) is 60.3 Å². The van der Waals surface area contributed by atoms with Gasteiger partial charge in [0.05, 0.1) is 23.6 Å². The first-order chi connectivity index (χ1) is 20.4. The highest BCUT2D eigenvalue weighted by Gasteiger charge is 2.44. The molecule has 220 valence electrons. The van der Waals surface area contributed by atoms with Crippen LogP contribution in [0.2, 0.25) is 5.02 Å². The number of halogens is 1. The maximum atomic E-state index is 14.2. The molecule has 1 N–H and O–H groups in total. The maximum absolute atomic E-state index is 14.2. The lowest BCUT2D eigenvalue weighted by Crippen LogP contribution is -2.50. The molecule has 0 spiro atoms. The number of carbonyl (C=O) groups is 3. The number of aryl methyl sites for hydroxylation is 1. The van der Waals surface area contributed by atoms with Crippen LogP contribution in [0.15, 0.2) is 48.7 Å². The van der Waals surface area contributed by atoms with Gasteiger partial charge in [-0.05, 0) is 61.6 Å². The summed E-state index contributed by atoms with van der Waals surface area (Å²) in [7, 11) is 0. The number of carboxylic acids is 1. The number of ether oxygens (including phenoxy) is 1. The maximum Gasteiger partial charge on any atom is 0.307 e. The fraction of sp³-hybridized carbons (Fsp3) is 0.438. The molecule has 1 aliphatic carbocycles. The number of carbonyl (C=O) groups excluding carboxylic acids is 2. The van der Waals surface area contributed by atoms with Crippen LogP contribution in [0.25, 0.3) is 0 Å². The largest absolute Gasteiger partial charge is 0.487 e. The van der Waals surface area contributed by atoms with E-state index in [-0.39, 0.29) is 25.0 Å². The Kier molecular flexibility index (Phi) is 7.94. The number of rotatable bonds is 8. The number of nitrogens with zero attached hydrogens (tertiary/aromatic N) is 4. The molecule has 0 radical (unpaired) electrons. The summed E-state index contributed by atoms with van der Waals surface area (Å²) in [6.45, 7) is 4.08. The Morgan fingerprint density at radius 2 is 1.88 bits per heavy atom. The summed E-state index contributed by atoms with van der Waals surface area (Å²) in [4.78, 5) is 43.4. The summed E-state index contributed by atoms with van der Waals surface area (Å²) < 4.78 is 8.18. The van der Waals surface area contributed by atoms with Crippen LogP contribution in [0, 0.1) is 11.8 Å². The predicted octanol–water partition coefficient (Wildman–Crippen LogP) is 5.11. The molecule has 3 heterocycles. The molecule has 2 aromatic carbocycles. The smallest absolute Gasteiger partial charge is 0.307 e. The number of carboxylic acid groups (broad SMARTS) is 1. The van der Waals surface area contributed by atoms with Crippen molar-refractivity contribution in [3.05, 3.63) is 81.6 Å². The van der Waals surface area contributed by atoms with Gasteiger partial charge in [0.2, 0.25) is 5.91 Å². The molecule has 1 aromatic heterocycles. The van der Waals surface area contributed by atoms with E-state index in [0.717, 1.165) is 41.8 Å². The minimum absolute atomic E-state index is 0.0826. The van der Waals surface area contributed by atoms with Crippen molar-refractivity contribution in [3.8, 4) is 5.75 Å². The van der Waals surface area contributed by atoms with Crippen molar-refractivity contribution in [1.29, 1.82) is 0 Å². The quantitative estimate of drug-likeness (QED) is 0.391. The molecule has 0 saturated heterocycles. The van der Waals surface area contributed by atoms with Gasteiger partial charge < -0.3 is 19.6 Å². The summed E-state index contributed by atoms with van der Waals surface area (Å²) >= 11 is 6.74. The molecule has 0 bridgehead atoms. The second-order valence-electron chi connectivity index (χ2n) is 11.4. The highest BCUT2D eigenvalue weighted by atomic mass is 35.5. The molecular formula is C32H35ClN4O5. The molecule has 42 heavy (non-hydrogen) atoms. The van der Waals surface area contributed by atoms with Crippen molar-refractivity contribution >= 4 is 29.4 Å².